The van der Waals surface area contributed by atoms with E-state index < -0.39 is 0 Å². The number of hydrogen-bond donors (Lipinski definition) is 1. The second-order valence-corrected chi connectivity index (χ2v) is 5.42. The lowest BCUT2D eigenvalue weighted by molar-refractivity contribution is 0.529. The molecule has 0 saturated heterocycles. The first-order valence-electron chi connectivity index (χ1n) is 7.09. The van der Waals surface area contributed by atoms with Gasteiger partial charge in [-0.15, -0.1) is 0 Å². The number of benzene rings is 2. The van der Waals surface area contributed by atoms with Crippen LogP contribution >= 0.6 is 0 Å². The van der Waals surface area contributed by atoms with Crippen molar-refractivity contribution in [1.29, 1.82) is 5.26 Å². The third kappa shape index (κ3) is 2.45. The average molecular weight is 262 g/mol. The Kier molecular flexibility index (Phi) is 3.54. The maximum Gasteiger partial charge on any atom is 0.0991 e. The third-order valence-corrected chi connectivity index (χ3v) is 4.14. The fourth-order valence-corrected chi connectivity index (χ4v) is 2.97. The topological polar surface area (TPSA) is 35.8 Å². The van der Waals surface area contributed by atoms with E-state index in [0.29, 0.717) is 6.04 Å². The lowest BCUT2D eigenvalue weighted by atomic mass is 10.0. The van der Waals surface area contributed by atoms with Crippen LogP contribution in [0.25, 0.3) is 0 Å². The lowest BCUT2D eigenvalue weighted by Gasteiger charge is -2.15. The highest BCUT2D eigenvalue weighted by Gasteiger charge is 2.21. The number of nitrogens with one attached hydrogen (secondary N) is 1. The van der Waals surface area contributed by atoms with Crippen LogP contribution in [0, 0.1) is 18.3 Å². The van der Waals surface area contributed by atoms with Gasteiger partial charge in [-0.25, -0.2) is 0 Å². The van der Waals surface area contributed by atoms with E-state index in [4.69, 9.17) is 5.26 Å². The Morgan fingerprint density at radius 2 is 2.10 bits per heavy atom. The van der Waals surface area contributed by atoms with Crippen molar-refractivity contribution in [3.05, 3.63) is 70.3 Å². The van der Waals surface area contributed by atoms with Gasteiger partial charge in [0.2, 0.25) is 0 Å². The second-order valence-electron chi connectivity index (χ2n) is 5.42. The van der Waals surface area contributed by atoms with Crippen LogP contribution < -0.4 is 5.32 Å². The number of nitrogens with zero attached hydrogens (tertiary/aromatic N) is 1. The average Bonchev–Trinajstić information content (AvgIpc) is 2.89. The molecule has 1 aliphatic rings. The minimum Gasteiger partial charge on any atom is -0.306 e. The van der Waals surface area contributed by atoms with Crippen molar-refractivity contribution in [3.8, 4) is 6.07 Å². The van der Waals surface area contributed by atoms with E-state index in [9.17, 15) is 0 Å². The van der Waals surface area contributed by atoms with Gasteiger partial charge in [-0.05, 0) is 54.2 Å². The molecule has 1 aliphatic carbocycles. The molecule has 0 amide bonds. The molecule has 1 unspecified atom stereocenters. The summed E-state index contributed by atoms with van der Waals surface area (Å²) in [6.07, 6.45) is 2.34. The summed E-state index contributed by atoms with van der Waals surface area (Å²) in [7, 11) is 0. The van der Waals surface area contributed by atoms with Crippen LogP contribution in [0.3, 0.4) is 0 Å². The smallest absolute Gasteiger partial charge is 0.0991 e. The predicted molar refractivity (Wildman–Crippen MR) is 80.2 cm³/mol. The molecule has 2 aromatic rings. The fraction of sp³-hybridized carbons (Fsp3) is 0.278. The van der Waals surface area contributed by atoms with E-state index in [1.54, 1.807) is 0 Å². The number of aryl methyl sites for hydroxylation is 2. The molecule has 0 radical (unpaired) electrons. The summed E-state index contributed by atoms with van der Waals surface area (Å²) >= 11 is 0. The van der Waals surface area contributed by atoms with Gasteiger partial charge in [-0.2, -0.15) is 5.26 Å². The molecular weight excluding hydrogens is 244 g/mol. The van der Waals surface area contributed by atoms with Crippen molar-refractivity contribution in [1.82, 2.24) is 5.32 Å². The number of nitriles is 1. The van der Waals surface area contributed by atoms with Crippen LogP contribution in [-0.4, -0.2) is 0 Å². The maximum absolute atomic E-state index is 8.90. The summed E-state index contributed by atoms with van der Waals surface area (Å²) in [5.41, 5.74) is 6.11. The molecule has 100 valence electrons. The standard InChI is InChI=1S/C18H18N2/c1-13-10-14(11-19)6-7-16(13)12-20-18-9-8-15-4-2-3-5-17(15)18/h2-7,10,18,20H,8-9,12H2,1H3. The van der Waals surface area contributed by atoms with Crippen LogP contribution in [0.4, 0.5) is 0 Å². The molecule has 3 rings (SSSR count). The molecule has 1 N–H and O–H groups in total. The van der Waals surface area contributed by atoms with Crippen molar-refractivity contribution in [2.24, 2.45) is 0 Å². The largest absolute Gasteiger partial charge is 0.306 e. The molecule has 0 aromatic heterocycles. The van der Waals surface area contributed by atoms with Gasteiger partial charge in [0.05, 0.1) is 11.6 Å². The molecule has 0 heterocycles. The molecule has 1 atom stereocenters. The Balaban J connectivity index is 1.71. The van der Waals surface area contributed by atoms with Gasteiger partial charge < -0.3 is 5.32 Å². The van der Waals surface area contributed by atoms with Crippen molar-refractivity contribution in [3.63, 3.8) is 0 Å². The summed E-state index contributed by atoms with van der Waals surface area (Å²) in [5, 5.41) is 12.5. The van der Waals surface area contributed by atoms with E-state index in [1.807, 2.05) is 12.1 Å². The minimum atomic E-state index is 0.459. The van der Waals surface area contributed by atoms with Crippen molar-refractivity contribution in [2.45, 2.75) is 32.4 Å². The first kappa shape index (κ1) is 12.9. The number of fused-ring (bicyclic) bond motifs is 1. The van der Waals surface area contributed by atoms with Gasteiger partial charge >= 0.3 is 0 Å². The minimum absolute atomic E-state index is 0.459. The van der Waals surface area contributed by atoms with Crippen molar-refractivity contribution >= 4 is 0 Å². The van der Waals surface area contributed by atoms with Crippen LogP contribution in [-0.2, 0) is 13.0 Å². The Hall–Kier alpha value is -2.11. The Labute approximate surface area is 120 Å². The molecule has 0 aliphatic heterocycles. The molecule has 0 bridgehead atoms. The van der Waals surface area contributed by atoms with Gasteiger partial charge in [-0.1, -0.05) is 30.3 Å². The highest BCUT2D eigenvalue weighted by molar-refractivity contribution is 5.38. The summed E-state index contributed by atoms with van der Waals surface area (Å²) in [4.78, 5) is 0. The molecule has 0 spiro atoms. The van der Waals surface area contributed by atoms with Crippen molar-refractivity contribution < 1.29 is 0 Å². The normalized spacial score (nSPS) is 16.7. The molecular formula is C18H18N2. The SMILES string of the molecule is Cc1cc(C#N)ccc1CNC1CCc2ccccc21. The van der Waals surface area contributed by atoms with Gasteiger partial charge in [0.25, 0.3) is 0 Å². The fourth-order valence-electron chi connectivity index (χ4n) is 2.97. The van der Waals surface area contributed by atoms with Gasteiger partial charge in [0.15, 0.2) is 0 Å². The Morgan fingerprint density at radius 1 is 1.25 bits per heavy atom. The molecule has 2 aromatic carbocycles. The Bertz CT molecular complexity index is 667. The number of hydrogen-bond acceptors (Lipinski definition) is 2. The second kappa shape index (κ2) is 5.48. The first-order chi connectivity index (χ1) is 9.78. The first-order valence-corrected chi connectivity index (χ1v) is 7.09. The highest BCUT2D eigenvalue weighted by Crippen LogP contribution is 2.31. The summed E-state index contributed by atoms with van der Waals surface area (Å²) in [6.45, 7) is 2.93. The van der Waals surface area contributed by atoms with E-state index in [-0.39, 0.29) is 0 Å². The molecule has 0 fully saturated rings. The molecule has 2 nitrogen and oxygen atoms in total. The molecule has 20 heavy (non-hydrogen) atoms. The Morgan fingerprint density at radius 3 is 2.90 bits per heavy atom. The van der Waals surface area contributed by atoms with Gasteiger partial charge in [0.1, 0.15) is 0 Å². The van der Waals surface area contributed by atoms with E-state index in [1.165, 1.54) is 35.1 Å². The van der Waals surface area contributed by atoms with Crippen molar-refractivity contribution in [2.75, 3.05) is 0 Å². The van der Waals surface area contributed by atoms with Crippen LogP contribution in [0.15, 0.2) is 42.5 Å². The van der Waals surface area contributed by atoms with Crippen LogP contribution in [0.2, 0.25) is 0 Å². The molecule has 0 saturated carbocycles. The van der Waals surface area contributed by atoms with E-state index in [2.05, 4.69) is 48.6 Å². The zero-order chi connectivity index (χ0) is 13.9. The molecule has 2 heteroatoms. The zero-order valence-corrected chi connectivity index (χ0v) is 11.7. The van der Waals surface area contributed by atoms with E-state index in [0.717, 1.165) is 12.1 Å². The predicted octanol–water partition coefficient (Wildman–Crippen LogP) is 3.64. The summed E-state index contributed by atoms with van der Waals surface area (Å²) in [6, 6.07) is 17.2. The highest BCUT2D eigenvalue weighted by atomic mass is 14.9. The maximum atomic E-state index is 8.90. The quantitative estimate of drug-likeness (QED) is 0.916. The number of rotatable bonds is 3. The van der Waals surface area contributed by atoms with Crippen LogP contribution in [0.1, 0.15) is 40.3 Å². The van der Waals surface area contributed by atoms with Gasteiger partial charge in [-0.3, -0.25) is 0 Å². The lowest BCUT2D eigenvalue weighted by Crippen LogP contribution is -2.19. The van der Waals surface area contributed by atoms with Gasteiger partial charge in [0, 0.05) is 12.6 Å². The monoisotopic (exact) mass is 262 g/mol. The summed E-state index contributed by atoms with van der Waals surface area (Å²) < 4.78 is 0. The summed E-state index contributed by atoms with van der Waals surface area (Å²) in [5.74, 6) is 0. The van der Waals surface area contributed by atoms with E-state index >= 15 is 0 Å². The zero-order valence-electron chi connectivity index (χ0n) is 11.7. The third-order valence-electron chi connectivity index (χ3n) is 4.14. The van der Waals surface area contributed by atoms with Crippen LogP contribution in [0.5, 0.6) is 0 Å².